The number of hydrogen-bond acceptors (Lipinski definition) is 2. The Morgan fingerprint density at radius 2 is 1.88 bits per heavy atom. The molecule has 1 N–H and O–H groups in total. The number of hydrogen-bond donors (Lipinski definition) is 1. The highest BCUT2D eigenvalue weighted by molar-refractivity contribution is 5.78. The predicted molar refractivity (Wildman–Crippen MR) is 70.1 cm³/mol. The summed E-state index contributed by atoms with van der Waals surface area (Å²) in [5.74, 6) is 0.127. The molecule has 100 valence electrons. The summed E-state index contributed by atoms with van der Waals surface area (Å²) in [5.41, 5.74) is -0.694. The van der Waals surface area contributed by atoms with E-state index in [4.69, 9.17) is 0 Å². The molecule has 0 aromatic carbocycles. The summed E-state index contributed by atoms with van der Waals surface area (Å²) in [6.45, 7) is 6.22. The second-order valence-electron chi connectivity index (χ2n) is 5.85. The lowest BCUT2D eigenvalue weighted by molar-refractivity contribution is -0.152. The molecule has 0 aromatic rings. The second kappa shape index (κ2) is 5.85. The molecule has 0 amide bonds. The highest BCUT2D eigenvalue weighted by atomic mass is 16.4. The number of carbonyl (C=O) groups is 1. The van der Waals surface area contributed by atoms with Gasteiger partial charge in [0.2, 0.25) is 0 Å². The lowest BCUT2D eigenvalue weighted by Crippen LogP contribution is -2.55. The molecule has 0 bridgehead atoms. The van der Waals surface area contributed by atoms with Gasteiger partial charge in [-0.05, 0) is 52.0 Å². The molecule has 3 nitrogen and oxygen atoms in total. The molecule has 0 spiro atoms. The first-order chi connectivity index (χ1) is 7.91. The zero-order valence-electron chi connectivity index (χ0n) is 11.7. The summed E-state index contributed by atoms with van der Waals surface area (Å²) in [5, 5.41) is 9.48. The summed E-state index contributed by atoms with van der Waals surface area (Å²) < 4.78 is 0. The van der Waals surface area contributed by atoms with Crippen molar-refractivity contribution in [2.75, 3.05) is 7.05 Å². The molecule has 1 atom stereocenters. The molecule has 1 fully saturated rings. The van der Waals surface area contributed by atoms with Crippen molar-refractivity contribution >= 4 is 5.97 Å². The molecule has 1 rings (SSSR count). The third-order valence-corrected chi connectivity index (χ3v) is 4.51. The van der Waals surface area contributed by atoms with E-state index in [0.29, 0.717) is 6.04 Å². The van der Waals surface area contributed by atoms with Gasteiger partial charge >= 0.3 is 5.97 Å². The van der Waals surface area contributed by atoms with Gasteiger partial charge in [0.1, 0.15) is 5.54 Å². The van der Waals surface area contributed by atoms with E-state index < -0.39 is 11.5 Å². The zero-order chi connectivity index (χ0) is 13.1. The minimum Gasteiger partial charge on any atom is -0.480 e. The number of carboxylic acid groups (broad SMARTS) is 1. The predicted octanol–water partition coefficient (Wildman–Crippen LogP) is 3.14. The van der Waals surface area contributed by atoms with Crippen molar-refractivity contribution in [3.8, 4) is 0 Å². The molecule has 1 saturated carbocycles. The second-order valence-corrected chi connectivity index (χ2v) is 5.85. The molecule has 3 heteroatoms. The van der Waals surface area contributed by atoms with Crippen LogP contribution in [0.25, 0.3) is 0 Å². The number of nitrogens with zero attached hydrogens (tertiary/aromatic N) is 1. The van der Waals surface area contributed by atoms with E-state index in [9.17, 15) is 9.90 Å². The number of likely N-dealkylation sites (N-methyl/N-ethyl adjacent to an activating group) is 1. The number of rotatable bonds is 5. The van der Waals surface area contributed by atoms with Crippen LogP contribution >= 0.6 is 0 Å². The minimum absolute atomic E-state index is 0.443. The summed E-state index contributed by atoms with van der Waals surface area (Å²) in [6, 6.07) is 0.443. The third kappa shape index (κ3) is 3.21. The van der Waals surface area contributed by atoms with Gasteiger partial charge in [0.25, 0.3) is 0 Å². The van der Waals surface area contributed by atoms with Gasteiger partial charge in [-0.15, -0.1) is 0 Å². The van der Waals surface area contributed by atoms with Crippen molar-refractivity contribution in [1.29, 1.82) is 0 Å². The van der Waals surface area contributed by atoms with E-state index in [1.165, 1.54) is 12.8 Å². The Hall–Kier alpha value is -0.570. The van der Waals surface area contributed by atoms with Gasteiger partial charge in [-0.2, -0.15) is 0 Å². The smallest absolute Gasteiger partial charge is 0.323 e. The maximum absolute atomic E-state index is 11.5. The van der Waals surface area contributed by atoms with Crippen LogP contribution in [0.4, 0.5) is 0 Å². The Kier molecular flexibility index (Phi) is 4.99. The highest BCUT2D eigenvalue weighted by Crippen LogP contribution is 2.32. The van der Waals surface area contributed by atoms with Gasteiger partial charge in [-0.25, -0.2) is 0 Å². The average molecular weight is 241 g/mol. The first kappa shape index (κ1) is 14.5. The lowest BCUT2D eigenvalue weighted by Gasteiger charge is -2.43. The van der Waals surface area contributed by atoms with Crippen LogP contribution in [0.3, 0.4) is 0 Å². The van der Waals surface area contributed by atoms with Gasteiger partial charge in [0.05, 0.1) is 0 Å². The Morgan fingerprint density at radius 3 is 2.29 bits per heavy atom. The Labute approximate surface area is 105 Å². The standard InChI is InChI=1S/C14H27NO2/c1-5-10-14(3,13(16)17)15(4)12-8-6-11(2)7-9-12/h11-12H,5-10H2,1-4H3,(H,16,17). The van der Waals surface area contributed by atoms with Crippen LogP contribution in [-0.2, 0) is 4.79 Å². The van der Waals surface area contributed by atoms with Crippen LogP contribution in [0.15, 0.2) is 0 Å². The van der Waals surface area contributed by atoms with Gasteiger partial charge in [-0.3, -0.25) is 9.69 Å². The summed E-state index contributed by atoms with van der Waals surface area (Å²) in [6.07, 6.45) is 6.39. The Bertz CT molecular complexity index is 259. The van der Waals surface area contributed by atoms with E-state index in [-0.39, 0.29) is 0 Å². The number of carboxylic acids is 1. The zero-order valence-corrected chi connectivity index (χ0v) is 11.7. The van der Waals surface area contributed by atoms with Crippen LogP contribution < -0.4 is 0 Å². The van der Waals surface area contributed by atoms with E-state index in [1.54, 1.807) is 0 Å². The van der Waals surface area contributed by atoms with E-state index >= 15 is 0 Å². The van der Waals surface area contributed by atoms with E-state index in [0.717, 1.165) is 31.6 Å². The first-order valence-corrected chi connectivity index (χ1v) is 6.88. The molecule has 1 aliphatic carbocycles. The van der Waals surface area contributed by atoms with Crippen molar-refractivity contribution in [2.24, 2.45) is 5.92 Å². The monoisotopic (exact) mass is 241 g/mol. The SMILES string of the molecule is CCCC(C)(C(=O)O)N(C)C1CCC(C)CC1. The van der Waals surface area contributed by atoms with Gasteiger partial charge < -0.3 is 5.11 Å². The van der Waals surface area contributed by atoms with Crippen molar-refractivity contribution in [2.45, 2.75) is 70.9 Å². The van der Waals surface area contributed by atoms with E-state index in [1.807, 2.05) is 14.0 Å². The number of aliphatic carboxylic acids is 1. The van der Waals surface area contributed by atoms with Crippen LogP contribution in [0.1, 0.15) is 59.3 Å². The molecule has 0 radical (unpaired) electrons. The van der Waals surface area contributed by atoms with Crippen molar-refractivity contribution in [3.05, 3.63) is 0 Å². The lowest BCUT2D eigenvalue weighted by atomic mass is 9.83. The van der Waals surface area contributed by atoms with Gasteiger partial charge in [0.15, 0.2) is 0 Å². The van der Waals surface area contributed by atoms with E-state index in [2.05, 4.69) is 18.7 Å². The fourth-order valence-electron chi connectivity index (χ4n) is 2.95. The maximum Gasteiger partial charge on any atom is 0.323 e. The molecular formula is C14H27NO2. The minimum atomic E-state index is -0.694. The molecular weight excluding hydrogens is 214 g/mol. The fraction of sp³-hybridized carbons (Fsp3) is 0.929. The summed E-state index contributed by atoms with van der Waals surface area (Å²) >= 11 is 0. The molecule has 0 aromatic heterocycles. The van der Waals surface area contributed by atoms with Crippen molar-refractivity contribution < 1.29 is 9.90 Å². The van der Waals surface area contributed by atoms with Gasteiger partial charge in [0, 0.05) is 6.04 Å². The van der Waals surface area contributed by atoms with Crippen LogP contribution in [0.2, 0.25) is 0 Å². The highest BCUT2D eigenvalue weighted by Gasteiger charge is 2.40. The van der Waals surface area contributed by atoms with Crippen molar-refractivity contribution in [1.82, 2.24) is 4.90 Å². The van der Waals surface area contributed by atoms with Crippen LogP contribution in [-0.4, -0.2) is 34.6 Å². The molecule has 0 aliphatic heterocycles. The van der Waals surface area contributed by atoms with Crippen LogP contribution in [0, 0.1) is 5.92 Å². The van der Waals surface area contributed by atoms with Crippen molar-refractivity contribution in [3.63, 3.8) is 0 Å². The summed E-state index contributed by atoms with van der Waals surface area (Å²) in [4.78, 5) is 13.6. The Balaban J connectivity index is 2.71. The first-order valence-electron chi connectivity index (χ1n) is 6.88. The largest absolute Gasteiger partial charge is 0.480 e. The third-order valence-electron chi connectivity index (χ3n) is 4.51. The van der Waals surface area contributed by atoms with Gasteiger partial charge in [-0.1, -0.05) is 20.3 Å². The quantitative estimate of drug-likeness (QED) is 0.804. The van der Waals surface area contributed by atoms with Crippen LogP contribution in [0.5, 0.6) is 0 Å². The Morgan fingerprint density at radius 1 is 1.35 bits per heavy atom. The topological polar surface area (TPSA) is 40.5 Å². The maximum atomic E-state index is 11.5. The molecule has 17 heavy (non-hydrogen) atoms. The molecule has 0 saturated heterocycles. The molecule has 1 unspecified atom stereocenters. The fourth-order valence-corrected chi connectivity index (χ4v) is 2.95. The average Bonchev–Trinajstić information content (AvgIpc) is 2.29. The normalized spacial score (nSPS) is 29.0. The molecule has 1 aliphatic rings. The molecule has 0 heterocycles. The summed E-state index contributed by atoms with van der Waals surface area (Å²) in [7, 11) is 1.99.